The number of carbonyl (C=O) groups is 1. The predicted molar refractivity (Wildman–Crippen MR) is 85.4 cm³/mol. The number of rotatable bonds is 6. The molecule has 0 radical (unpaired) electrons. The van der Waals surface area contributed by atoms with E-state index in [4.69, 9.17) is 4.74 Å². The molecule has 0 aliphatic heterocycles. The van der Waals surface area contributed by atoms with Gasteiger partial charge in [0.25, 0.3) is 5.91 Å². The third kappa shape index (κ3) is 4.92. The van der Waals surface area contributed by atoms with E-state index in [-0.39, 0.29) is 5.91 Å². The lowest BCUT2D eigenvalue weighted by atomic mass is 9.99. The molecule has 0 fully saturated rings. The van der Waals surface area contributed by atoms with E-state index in [0.717, 1.165) is 24.2 Å². The van der Waals surface area contributed by atoms with Gasteiger partial charge in [0.2, 0.25) is 0 Å². The summed E-state index contributed by atoms with van der Waals surface area (Å²) in [5.41, 5.74) is 2.48. The van der Waals surface area contributed by atoms with Crippen molar-refractivity contribution in [2.45, 2.75) is 52.1 Å². The Hall–Kier alpha value is -1.77. The molecular weight excluding hydrogens is 262 g/mol. The van der Waals surface area contributed by atoms with Crippen molar-refractivity contribution in [3.63, 3.8) is 0 Å². The van der Waals surface area contributed by atoms with Crippen LogP contribution in [0.15, 0.2) is 35.9 Å². The number of carbonyl (C=O) groups excluding carboxylic acids is 1. The number of hydrogen-bond acceptors (Lipinski definition) is 2. The maximum absolute atomic E-state index is 12.2. The second-order valence-electron chi connectivity index (χ2n) is 5.66. The second-order valence-corrected chi connectivity index (χ2v) is 5.66. The Morgan fingerprint density at radius 2 is 2.24 bits per heavy atom. The van der Waals surface area contributed by atoms with Crippen LogP contribution in [0.3, 0.4) is 0 Å². The van der Waals surface area contributed by atoms with E-state index in [1.807, 2.05) is 38.1 Å². The first-order valence-electron chi connectivity index (χ1n) is 7.88. The second kappa shape index (κ2) is 7.87. The van der Waals surface area contributed by atoms with Crippen molar-refractivity contribution >= 4 is 5.91 Å². The van der Waals surface area contributed by atoms with Crippen LogP contribution in [0.25, 0.3) is 0 Å². The molecule has 0 bridgehead atoms. The first-order chi connectivity index (χ1) is 10.2. The lowest BCUT2D eigenvalue weighted by Crippen LogP contribution is -2.39. The molecule has 21 heavy (non-hydrogen) atoms. The van der Waals surface area contributed by atoms with Gasteiger partial charge in [0, 0.05) is 6.54 Å². The fraction of sp³-hybridized carbons (Fsp3) is 0.500. The number of aryl methyl sites for hydroxylation is 1. The summed E-state index contributed by atoms with van der Waals surface area (Å²) in [5.74, 6) is 0.736. The molecule has 0 unspecified atom stereocenters. The van der Waals surface area contributed by atoms with Crippen LogP contribution < -0.4 is 10.1 Å². The molecule has 1 aliphatic carbocycles. The van der Waals surface area contributed by atoms with E-state index in [1.165, 1.54) is 18.4 Å². The van der Waals surface area contributed by atoms with Gasteiger partial charge in [-0.3, -0.25) is 4.79 Å². The maximum atomic E-state index is 12.2. The van der Waals surface area contributed by atoms with Crippen LogP contribution in [0.1, 0.15) is 44.6 Å². The number of nitrogens with one attached hydrogen (secondary N) is 1. The van der Waals surface area contributed by atoms with Crippen LogP contribution in [0, 0.1) is 6.92 Å². The first kappa shape index (κ1) is 15.6. The number of hydrogen-bond donors (Lipinski definition) is 1. The third-order valence-electron chi connectivity index (χ3n) is 3.81. The maximum Gasteiger partial charge on any atom is 0.261 e. The molecule has 1 aliphatic rings. The summed E-state index contributed by atoms with van der Waals surface area (Å²) in [6.45, 7) is 4.65. The third-order valence-corrected chi connectivity index (χ3v) is 3.81. The minimum Gasteiger partial charge on any atom is -0.481 e. The molecule has 1 N–H and O–H groups in total. The van der Waals surface area contributed by atoms with E-state index in [2.05, 4.69) is 11.4 Å². The average molecular weight is 287 g/mol. The van der Waals surface area contributed by atoms with Crippen molar-refractivity contribution in [1.29, 1.82) is 0 Å². The largest absolute Gasteiger partial charge is 0.481 e. The molecule has 0 saturated heterocycles. The van der Waals surface area contributed by atoms with Crippen molar-refractivity contribution in [2.24, 2.45) is 0 Å². The van der Waals surface area contributed by atoms with E-state index in [0.29, 0.717) is 13.0 Å². The molecule has 1 aromatic carbocycles. The SMILES string of the molecule is CC[C@@H](Oc1cccc(C)c1)C(=O)NCC1=CCCCC1. The normalized spacial score (nSPS) is 16.0. The summed E-state index contributed by atoms with van der Waals surface area (Å²) in [4.78, 5) is 12.2. The highest BCUT2D eigenvalue weighted by atomic mass is 16.5. The number of ether oxygens (including phenoxy) is 1. The fourth-order valence-electron chi connectivity index (χ4n) is 2.55. The van der Waals surface area contributed by atoms with Crippen molar-refractivity contribution in [3.05, 3.63) is 41.5 Å². The summed E-state index contributed by atoms with van der Waals surface area (Å²) < 4.78 is 5.81. The molecule has 0 saturated carbocycles. The minimum atomic E-state index is -0.420. The monoisotopic (exact) mass is 287 g/mol. The van der Waals surface area contributed by atoms with Crippen LogP contribution in [-0.2, 0) is 4.79 Å². The summed E-state index contributed by atoms with van der Waals surface area (Å²) >= 11 is 0. The highest BCUT2D eigenvalue weighted by molar-refractivity contribution is 5.81. The Bertz CT molecular complexity index is 508. The highest BCUT2D eigenvalue weighted by Crippen LogP contribution is 2.17. The van der Waals surface area contributed by atoms with Crippen molar-refractivity contribution < 1.29 is 9.53 Å². The Morgan fingerprint density at radius 3 is 2.90 bits per heavy atom. The van der Waals surface area contributed by atoms with Crippen molar-refractivity contribution in [3.8, 4) is 5.75 Å². The van der Waals surface area contributed by atoms with Gasteiger partial charge in [0.05, 0.1) is 0 Å². The van der Waals surface area contributed by atoms with Crippen LogP contribution in [0.5, 0.6) is 5.75 Å². The van der Waals surface area contributed by atoms with Gasteiger partial charge >= 0.3 is 0 Å². The van der Waals surface area contributed by atoms with Gasteiger partial charge in [-0.05, 0) is 56.7 Å². The first-order valence-corrected chi connectivity index (χ1v) is 7.88. The lowest BCUT2D eigenvalue weighted by Gasteiger charge is -2.19. The highest BCUT2D eigenvalue weighted by Gasteiger charge is 2.18. The van der Waals surface area contributed by atoms with Crippen LogP contribution in [0.2, 0.25) is 0 Å². The Labute approximate surface area is 127 Å². The molecule has 2 rings (SSSR count). The van der Waals surface area contributed by atoms with Crippen molar-refractivity contribution in [1.82, 2.24) is 5.32 Å². The number of allylic oxidation sites excluding steroid dienone is 1. The van der Waals surface area contributed by atoms with Crippen LogP contribution in [-0.4, -0.2) is 18.6 Å². The van der Waals surface area contributed by atoms with Gasteiger partial charge in [-0.1, -0.05) is 30.7 Å². The molecule has 1 amide bonds. The summed E-state index contributed by atoms with van der Waals surface area (Å²) in [6.07, 6.45) is 7.25. The predicted octanol–water partition coefficient (Wildman–Crippen LogP) is 3.77. The van der Waals surface area contributed by atoms with Crippen LogP contribution in [0.4, 0.5) is 0 Å². The van der Waals surface area contributed by atoms with Gasteiger partial charge in [-0.15, -0.1) is 0 Å². The quantitative estimate of drug-likeness (QED) is 0.809. The summed E-state index contributed by atoms with van der Waals surface area (Å²) in [7, 11) is 0. The molecule has 0 heterocycles. The standard InChI is InChI=1S/C18H25NO2/c1-3-17(21-16-11-7-8-14(2)12-16)18(20)19-13-15-9-5-4-6-10-15/h7-9,11-12,17H,3-6,10,13H2,1-2H3,(H,19,20)/t17-/m1/s1. The molecule has 0 aromatic heterocycles. The lowest BCUT2D eigenvalue weighted by molar-refractivity contribution is -0.127. The van der Waals surface area contributed by atoms with E-state index >= 15 is 0 Å². The fourth-order valence-corrected chi connectivity index (χ4v) is 2.55. The van der Waals surface area contributed by atoms with Crippen molar-refractivity contribution in [2.75, 3.05) is 6.54 Å². The molecule has 1 atom stereocenters. The Morgan fingerprint density at radius 1 is 1.38 bits per heavy atom. The van der Waals surface area contributed by atoms with Gasteiger partial charge in [-0.25, -0.2) is 0 Å². The van der Waals surface area contributed by atoms with E-state index in [1.54, 1.807) is 0 Å². The molecular formula is C18H25NO2. The minimum absolute atomic E-state index is 0.0227. The smallest absolute Gasteiger partial charge is 0.261 e. The Kier molecular flexibility index (Phi) is 5.85. The number of amides is 1. The topological polar surface area (TPSA) is 38.3 Å². The molecule has 3 heteroatoms. The molecule has 114 valence electrons. The summed E-state index contributed by atoms with van der Waals surface area (Å²) in [5, 5.41) is 3.01. The zero-order chi connectivity index (χ0) is 15.1. The van der Waals surface area contributed by atoms with Gasteiger partial charge in [0.1, 0.15) is 5.75 Å². The van der Waals surface area contributed by atoms with Gasteiger partial charge < -0.3 is 10.1 Å². The molecule has 3 nitrogen and oxygen atoms in total. The molecule has 1 aromatic rings. The zero-order valence-corrected chi connectivity index (χ0v) is 13.0. The molecule has 0 spiro atoms. The number of benzene rings is 1. The van der Waals surface area contributed by atoms with Crippen LogP contribution >= 0.6 is 0 Å². The van der Waals surface area contributed by atoms with Gasteiger partial charge in [0.15, 0.2) is 6.10 Å². The van der Waals surface area contributed by atoms with E-state index in [9.17, 15) is 4.79 Å². The Balaban J connectivity index is 1.87. The average Bonchev–Trinajstić information content (AvgIpc) is 2.51. The summed E-state index contributed by atoms with van der Waals surface area (Å²) in [6, 6.07) is 7.82. The zero-order valence-electron chi connectivity index (χ0n) is 13.0. The van der Waals surface area contributed by atoms with Gasteiger partial charge in [-0.2, -0.15) is 0 Å². The van der Waals surface area contributed by atoms with E-state index < -0.39 is 6.10 Å².